The Morgan fingerprint density at radius 2 is 1.95 bits per heavy atom. The second-order valence-corrected chi connectivity index (χ2v) is 6.85. The lowest BCUT2D eigenvalue weighted by atomic mass is 10.00. The van der Waals surface area contributed by atoms with Crippen LogP contribution >= 0.6 is 0 Å². The average Bonchev–Trinajstić information content (AvgIpc) is 2.69. The zero-order valence-corrected chi connectivity index (χ0v) is 13.5. The predicted molar refractivity (Wildman–Crippen MR) is 78.7 cm³/mol. The normalized spacial score (nSPS) is 19.2. The SMILES string of the molecule is CC(C)N1CC(C(=O)N(CCC(=O)O)C(C)(C)C)CC1=O. The Hall–Kier alpha value is -1.59. The number of carboxylic acid groups (broad SMARTS) is 1. The lowest BCUT2D eigenvalue weighted by Gasteiger charge is -2.37. The van der Waals surface area contributed by atoms with Gasteiger partial charge in [-0.1, -0.05) is 0 Å². The van der Waals surface area contributed by atoms with Crippen LogP contribution in [0.2, 0.25) is 0 Å². The molecular formula is C15H26N2O4. The molecule has 0 aliphatic carbocycles. The molecule has 2 amide bonds. The highest BCUT2D eigenvalue weighted by Crippen LogP contribution is 2.25. The summed E-state index contributed by atoms with van der Waals surface area (Å²) in [6.45, 7) is 10.1. The van der Waals surface area contributed by atoms with Crippen molar-refractivity contribution < 1.29 is 19.5 Å². The molecule has 0 spiro atoms. The van der Waals surface area contributed by atoms with E-state index >= 15 is 0 Å². The van der Waals surface area contributed by atoms with Crippen LogP contribution in [0, 0.1) is 5.92 Å². The van der Waals surface area contributed by atoms with E-state index in [-0.39, 0.29) is 43.2 Å². The van der Waals surface area contributed by atoms with Crippen LogP contribution in [0.1, 0.15) is 47.5 Å². The van der Waals surface area contributed by atoms with Gasteiger partial charge in [0, 0.05) is 31.1 Å². The summed E-state index contributed by atoms with van der Waals surface area (Å²) in [5.74, 6) is -1.42. The van der Waals surface area contributed by atoms with Gasteiger partial charge in [0.15, 0.2) is 0 Å². The molecule has 1 heterocycles. The monoisotopic (exact) mass is 298 g/mol. The van der Waals surface area contributed by atoms with Gasteiger partial charge in [-0.2, -0.15) is 0 Å². The summed E-state index contributed by atoms with van der Waals surface area (Å²) in [6.07, 6.45) is 0.133. The van der Waals surface area contributed by atoms with E-state index in [9.17, 15) is 14.4 Å². The van der Waals surface area contributed by atoms with Crippen LogP contribution in [0.15, 0.2) is 0 Å². The number of carbonyl (C=O) groups is 3. The number of likely N-dealkylation sites (tertiary alicyclic amines) is 1. The Morgan fingerprint density at radius 3 is 2.33 bits per heavy atom. The van der Waals surface area contributed by atoms with E-state index in [1.165, 1.54) is 0 Å². The number of hydrogen-bond donors (Lipinski definition) is 1. The van der Waals surface area contributed by atoms with Crippen LogP contribution in [-0.4, -0.2) is 57.4 Å². The second-order valence-electron chi connectivity index (χ2n) is 6.85. The molecule has 0 radical (unpaired) electrons. The molecule has 1 saturated heterocycles. The molecule has 0 aromatic rings. The van der Waals surface area contributed by atoms with E-state index in [2.05, 4.69) is 0 Å². The lowest BCUT2D eigenvalue weighted by Crippen LogP contribution is -2.49. The van der Waals surface area contributed by atoms with E-state index in [4.69, 9.17) is 5.11 Å². The lowest BCUT2D eigenvalue weighted by molar-refractivity contribution is -0.143. The zero-order chi connectivity index (χ0) is 16.4. The predicted octanol–water partition coefficient (Wildman–Crippen LogP) is 1.35. The minimum Gasteiger partial charge on any atom is -0.481 e. The summed E-state index contributed by atoms with van der Waals surface area (Å²) in [6, 6.07) is 0.0809. The van der Waals surface area contributed by atoms with Crippen LogP contribution in [0.3, 0.4) is 0 Å². The van der Waals surface area contributed by atoms with Gasteiger partial charge < -0.3 is 14.9 Å². The molecule has 1 rings (SSSR count). The van der Waals surface area contributed by atoms with Crippen LogP contribution in [0.4, 0.5) is 0 Å². The topological polar surface area (TPSA) is 77.9 Å². The smallest absolute Gasteiger partial charge is 0.305 e. The number of amides is 2. The Bertz CT molecular complexity index is 426. The van der Waals surface area contributed by atoms with Crippen molar-refractivity contribution in [1.29, 1.82) is 0 Å². The van der Waals surface area contributed by atoms with E-state index < -0.39 is 11.5 Å². The van der Waals surface area contributed by atoms with Crippen molar-refractivity contribution in [2.75, 3.05) is 13.1 Å². The second kappa shape index (κ2) is 6.45. The summed E-state index contributed by atoms with van der Waals surface area (Å²) in [5, 5.41) is 8.83. The third-order valence-corrected chi connectivity index (χ3v) is 3.76. The fourth-order valence-electron chi connectivity index (χ4n) is 2.60. The molecule has 120 valence electrons. The molecular weight excluding hydrogens is 272 g/mol. The van der Waals surface area contributed by atoms with Gasteiger partial charge in [-0.05, 0) is 34.6 Å². The van der Waals surface area contributed by atoms with Crippen molar-refractivity contribution in [2.45, 2.75) is 59.0 Å². The first-order valence-electron chi connectivity index (χ1n) is 7.36. The minimum atomic E-state index is -0.927. The van der Waals surface area contributed by atoms with Crippen LogP contribution in [0.5, 0.6) is 0 Å². The van der Waals surface area contributed by atoms with Crippen molar-refractivity contribution in [3.8, 4) is 0 Å². The van der Waals surface area contributed by atoms with Crippen LogP contribution in [-0.2, 0) is 14.4 Å². The summed E-state index contributed by atoms with van der Waals surface area (Å²) in [4.78, 5) is 38.7. The maximum atomic E-state index is 12.7. The number of aliphatic carboxylic acids is 1. The van der Waals surface area contributed by atoms with Gasteiger partial charge in [-0.15, -0.1) is 0 Å². The molecule has 1 fully saturated rings. The van der Waals surface area contributed by atoms with Crippen molar-refractivity contribution in [3.05, 3.63) is 0 Å². The Morgan fingerprint density at radius 1 is 1.38 bits per heavy atom. The summed E-state index contributed by atoms with van der Waals surface area (Å²) in [5.41, 5.74) is -0.458. The van der Waals surface area contributed by atoms with Gasteiger partial charge in [0.2, 0.25) is 11.8 Å². The van der Waals surface area contributed by atoms with Crippen molar-refractivity contribution in [2.24, 2.45) is 5.92 Å². The van der Waals surface area contributed by atoms with Gasteiger partial charge in [0.05, 0.1) is 12.3 Å². The number of carbonyl (C=O) groups excluding carboxylic acids is 2. The van der Waals surface area contributed by atoms with Gasteiger partial charge in [0.25, 0.3) is 0 Å². The van der Waals surface area contributed by atoms with E-state index in [1.54, 1.807) is 9.80 Å². The van der Waals surface area contributed by atoms with E-state index in [1.807, 2.05) is 34.6 Å². The van der Waals surface area contributed by atoms with Crippen molar-refractivity contribution in [1.82, 2.24) is 9.80 Å². The van der Waals surface area contributed by atoms with Crippen molar-refractivity contribution in [3.63, 3.8) is 0 Å². The molecule has 1 N–H and O–H groups in total. The largest absolute Gasteiger partial charge is 0.481 e. The number of nitrogens with zero attached hydrogens (tertiary/aromatic N) is 2. The minimum absolute atomic E-state index is 0.00422. The first kappa shape index (κ1) is 17.5. The maximum absolute atomic E-state index is 12.7. The molecule has 21 heavy (non-hydrogen) atoms. The van der Waals surface area contributed by atoms with Gasteiger partial charge in [-0.3, -0.25) is 14.4 Å². The molecule has 0 aromatic heterocycles. The molecule has 1 atom stereocenters. The molecule has 0 bridgehead atoms. The first-order chi connectivity index (χ1) is 9.54. The average molecular weight is 298 g/mol. The number of hydrogen-bond acceptors (Lipinski definition) is 3. The molecule has 1 aliphatic heterocycles. The molecule has 0 aromatic carbocycles. The Balaban J connectivity index is 2.82. The maximum Gasteiger partial charge on any atom is 0.305 e. The molecule has 0 saturated carbocycles. The molecule has 6 nitrogen and oxygen atoms in total. The summed E-state index contributed by atoms with van der Waals surface area (Å²) < 4.78 is 0. The Labute approximate surface area is 126 Å². The van der Waals surface area contributed by atoms with E-state index in [0.717, 1.165) is 0 Å². The van der Waals surface area contributed by atoms with Crippen molar-refractivity contribution >= 4 is 17.8 Å². The number of carboxylic acids is 1. The molecule has 1 unspecified atom stereocenters. The zero-order valence-electron chi connectivity index (χ0n) is 13.5. The summed E-state index contributed by atoms with van der Waals surface area (Å²) >= 11 is 0. The van der Waals surface area contributed by atoms with Crippen LogP contribution < -0.4 is 0 Å². The quantitative estimate of drug-likeness (QED) is 0.831. The first-order valence-corrected chi connectivity index (χ1v) is 7.36. The van der Waals surface area contributed by atoms with E-state index in [0.29, 0.717) is 6.54 Å². The highest BCUT2D eigenvalue weighted by Gasteiger charge is 2.39. The van der Waals surface area contributed by atoms with Crippen LogP contribution in [0.25, 0.3) is 0 Å². The highest BCUT2D eigenvalue weighted by atomic mass is 16.4. The molecule has 1 aliphatic rings. The summed E-state index contributed by atoms with van der Waals surface area (Å²) in [7, 11) is 0. The van der Waals surface area contributed by atoms with Gasteiger partial charge >= 0.3 is 5.97 Å². The van der Waals surface area contributed by atoms with Gasteiger partial charge in [0.1, 0.15) is 0 Å². The molecule has 6 heteroatoms. The fourth-order valence-corrected chi connectivity index (χ4v) is 2.60. The highest BCUT2D eigenvalue weighted by molar-refractivity contribution is 5.89. The number of rotatable bonds is 5. The van der Waals surface area contributed by atoms with Gasteiger partial charge in [-0.25, -0.2) is 0 Å². The fraction of sp³-hybridized carbons (Fsp3) is 0.800. The Kier molecular flexibility index (Phi) is 5.36. The standard InChI is InChI=1S/C15H26N2O4/c1-10(2)16-9-11(8-12(16)18)14(21)17(15(3,4)5)7-6-13(19)20/h10-11H,6-9H2,1-5H3,(H,19,20). The third kappa shape index (κ3) is 4.44. The third-order valence-electron chi connectivity index (χ3n) is 3.76.